The quantitative estimate of drug-likeness (QED) is 0.799. The van der Waals surface area contributed by atoms with Crippen molar-refractivity contribution in [3.63, 3.8) is 0 Å². The van der Waals surface area contributed by atoms with Crippen molar-refractivity contribution in [2.24, 2.45) is 5.92 Å². The average molecular weight is 345 g/mol. The second-order valence-electron chi connectivity index (χ2n) is 5.87. The summed E-state index contributed by atoms with van der Waals surface area (Å²) in [6, 6.07) is 4.07. The van der Waals surface area contributed by atoms with E-state index in [-0.39, 0.29) is 18.4 Å². The molecule has 1 fully saturated rings. The molecule has 0 radical (unpaired) electrons. The number of nitrogens with zero attached hydrogens (tertiary/aromatic N) is 3. The lowest BCUT2D eigenvalue weighted by Gasteiger charge is -2.25. The SMILES string of the molecule is CN(C)C(=O)[C@@H]1CN(Cc2cccs2)CCN(S(C)(=O)=O)C1. The lowest BCUT2D eigenvalue weighted by molar-refractivity contribution is -0.133. The van der Waals surface area contributed by atoms with Crippen molar-refractivity contribution >= 4 is 27.3 Å². The van der Waals surface area contributed by atoms with Gasteiger partial charge in [0.15, 0.2) is 0 Å². The van der Waals surface area contributed by atoms with Gasteiger partial charge in [0.1, 0.15) is 0 Å². The van der Waals surface area contributed by atoms with Gasteiger partial charge in [-0.3, -0.25) is 9.69 Å². The summed E-state index contributed by atoms with van der Waals surface area (Å²) in [5, 5.41) is 2.03. The Morgan fingerprint density at radius 2 is 2.09 bits per heavy atom. The normalized spacial score (nSPS) is 21.5. The van der Waals surface area contributed by atoms with Crippen LogP contribution in [0.1, 0.15) is 4.88 Å². The summed E-state index contributed by atoms with van der Waals surface area (Å²) >= 11 is 1.68. The zero-order chi connectivity index (χ0) is 16.3. The molecular formula is C14H23N3O3S2. The second kappa shape index (κ2) is 7.08. The first-order valence-electron chi connectivity index (χ1n) is 7.18. The van der Waals surface area contributed by atoms with E-state index >= 15 is 0 Å². The topological polar surface area (TPSA) is 60.9 Å². The van der Waals surface area contributed by atoms with Crippen molar-refractivity contribution in [2.45, 2.75) is 6.54 Å². The van der Waals surface area contributed by atoms with Crippen molar-refractivity contribution < 1.29 is 13.2 Å². The number of thiophene rings is 1. The maximum Gasteiger partial charge on any atom is 0.227 e. The Bertz CT molecular complexity index is 599. The van der Waals surface area contributed by atoms with Crippen molar-refractivity contribution in [1.29, 1.82) is 0 Å². The van der Waals surface area contributed by atoms with E-state index in [2.05, 4.69) is 11.0 Å². The summed E-state index contributed by atoms with van der Waals surface area (Å²) in [6.07, 6.45) is 1.21. The van der Waals surface area contributed by atoms with Crippen LogP contribution < -0.4 is 0 Å². The van der Waals surface area contributed by atoms with E-state index < -0.39 is 10.0 Å². The Morgan fingerprint density at radius 3 is 2.64 bits per heavy atom. The molecule has 0 saturated carbocycles. The van der Waals surface area contributed by atoms with Crippen molar-refractivity contribution in [3.8, 4) is 0 Å². The van der Waals surface area contributed by atoms with Crippen LogP contribution in [-0.4, -0.2) is 75.0 Å². The van der Waals surface area contributed by atoms with E-state index in [9.17, 15) is 13.2 Å². The number of sulfonamides is 1. The second-order valence-corrected chi connectivity index (χ2v) is 8.88. The van der Waals surface area contributed by atoms with E-state index in [1.807, 2.05) is 11.4 Å². The summed E-state index contributed by atoms with van der Waals surface area (Å²) in [5.74, 6) is -0.348. The summed E-state index contributed by atoms with van der Waals surface area (Å²) in [6.45, 7) is 2.67. The molecule has 1 aliphatic rings. The minimum absolute atomic E-state index is 0.0215. The van der Waals surface area contributed by atoms with Crippen molar-refractivity contribution in [2.75, 3.05) is 46.5 Å². The van der Waals surface area contributed by atoms with Gasteiger partial charge in [0.2, 0.25) is 15.9 Å². The molecule has 6 nitrogen and oxygen atoms in total. The van der Waals surface area contributed by atoms with Crippen LogP contribution in [0.25, 0.3) is 0 Å². The minimum Gasteiger partial charge on any atom is -0.348 e. The van der Waals surface area contributed by atoms with Crippen LogP contribution in [-0.2, 0) is 21.4 Å². The first-order chi connectivity index (χ1) is 10.3. The minimum atomic E-state index is -3.29. The van der Waals surface area contributed by atoms with Crippen molar-refractivity contribution in [3.05, 3.63) is 22.4 Å². The predicted octanol–water partition coefficient (Wildman–Crippen LogP) is 0.530. The number of carbonyl (C=O) groups is 1. The van der Waals surface area contributed by atoms with E-state index in [1.165, 1.54) is 15.4 Å². The van der Waals surface area contributed by atoms with Gasteiger partial charge < -0.3 is 4.90 Å². The van der Waals surface area contributed by atoms with Crippen LogP contribution in [0.15, 0.2) is 17.5 Å². The smallest absolute Gasteiger partial charge is 0.227 e. The molecule has 1 atom stereocenters. The van der Waals surface area contributed by atoms with Gasteiger partial charge in [-0.05, 0) is 11.4 Å². The molecule has 1 aliphatic heterocycles. The van der Waals surface area contributed by atoms with Crippen LogP contribution in [0.4, 0.5) is 0 Å². The van der Waals surface area contributed by atoms with Gasteiger partial charge in [0, 0.05) is 51.7 Å². The Hall–Kier alpha value is -0.960. The molecule has 124 valence electrons. The molecule has 1 aromatic heterocycles. The lowest BCUT2D eigenvalue weighted by atomic mass is 10.1. The van der Waals surface area contributed by atoms with Crippen molar-refractivity contribution in [1.82, 2.24) is 14.1 Å². The fourth-order valence-electron chi connectivity index (χ4n) is 2.64. The van der Waals surface area contributed by atoms with Gasteiger partial charge >= 0.3 is 0 Å². The highest BCUT2D eigenvalue weighted by molar-refractivity contribution is 7.88. The van der Waals surface area contributed by atoms with E-state index in [0.29, 0.717) is 19.6 Å². The highest BCUT2D eigenvalue weighted by Gasteiger charge is 2.32. The van der Waals surface area contributed by atoms with Gasteiger partial charge in [-0.15, -0.1) is 11.3 Å². The molecule has 0 unspecified atom stereocenters. The van der Waals surface area contributed by atoms with E-state index in [4.69, 9.17) is 0 Å². The summed E-state index contributed by atoms with van der Waals surface area (Å²) in [4.78, 5) is 17.3. The molecule has 0 aliphatic carbocycles. The first-order valence-corrected chi connectivity index (χ1v) is 9.91. The van der Waals surface area contributed by atoms with Gasteiger partial charge in [-0.2, -0.15) is 0 Å². The van der Waals surface area contributed by atoms with Crippen LogP contribution in [0.5, 0.6) is 0 Å². The third-order valence-electron chi connectivity index (χ3n) is 3.79. The molecule has 0 N–H and O–H groups in total. The molecule has 0 bridgehead atoms. The van der Waals surface area contributed by atoms with Gasteiger partial charge in [-0.1, -0.05) is 6.07 Å². The maximum absolute atomic E-state index is 12.4. The Labute approximate surface area is 136 Å². The number of hydrogen-bond donors (Lipinski definition) is 0. The van der Waals surface area contributed by atoms with Crippen LogP contribution in [0, 0.1) is 5.92 Å². The molecule has 2 heterocycles. The number of rotatable bonds is 4. The lowest BCUT2D eigenvalue weighted by Crippen LogP contribution is -2.41. The highest BCUT2D eigenvalue weighted by Crippen LogP contribution is 2.18. The third-order valence-corrected chi connectivity index (χ3v) is 5.92. The Balaban J connectivity index is 2.16. The molecule has 1 amide bonds. The zero-order valence-electron chi connectivity index (χ0n) is 13.2. The fourth-order valence-corrected chi connectivity index (χ4v) is 4.25. The predicted molar refractivity (Wildman–Crippen MR) is 88.2 cm³/mol. The monoisotopic (exact) mass is 345 g/mol. The van der Waals surface area contributed by atoms with Gasteiger partial charge in [-0.25, -0.2) is 12.7 Å². The fraction of sp³-hybridized carbons (Fsp3) is 0.643. The number of hydrogen-bond acceptors (Lipinski definition) is 5. The molecular weight excluding hydrogens is 322 g/mol. The maximum atomic E-state index is 12.4. The van der Waals surface area contributed by atoms with E-state index in [1.54, 1.807) is 30.3 Å². The number of carbonyl (C=O) groups excluding carboxylic acids is 1. The Morgan fingerprint density at radius 1 is 1.36 bits per heavy atom. The third kappa shape index (κ3) is 4.52. The molecule has 1 aromatic rings. The first kappa shape index (κ1) is 17.4. The molecule has 2 rings (SSSR count). The summed E-state index contributed by atoms with van der Waals surface area (Å²) in [7, 11) is 0.132. The van der Waals surface area contributed by atoms with E-state index in [0.717, 1.165) is 6.54 Å². The molecule has 1 saturated heterocycles. The molecule has 22 heavy (non-hydrogen) atoms. The molecule has 0 spiro atoms. The zero-order valence-corrected chi connectivity index (χ0v) is 14.9. The molecule has 8 heteroatoms. The van der Waals surface area contributed by atoms with Crippen LogP contribution in [0.3, 0.4) is 0 Å². The molecule has 0 aromatic carbocycles. The summed E-state index contributed by atoms with van der Waals surface area (Å²) < 4.78 is 25.2. The van der Waals surface area contributed by atoms with Crippen LogP contribution in [0.2, 0.25) is 0 Å². The highest BCUT2D eigenvalue weighted by atomic mass is 32.2. The average Bonchev–Trinajstić information content (AvgIpc) is 2.82. The standard InChI is InChI=1S/C14H23N3O3S2/c1-15(2)14(18)12-9-16(11-13-5-4-8-21-13)6-7-17(10-12)22(3,19)20/h4-5,8,12H,6-7,9-11H2,1-3H3/t12-/m1/s1. The summed E-state index contributed by atoms with van der Waals surface area (Å²) in [5.41, 5.74) is 0. The largest absolute Gasteiger partial charge is 0.348 e. The van der Waals surface area contributed by atoms with Gasteiger partial charge in [0.25, 0.3) is 0 Å². The number of amides is 1. The Kier molecular flexibility index (Phi) is 5.60. The van der Waals surface area contributed by atoms with Gasteiger partial charge in [0.05, 0.1) is 12.2 Å². The van der Waals surface area contributed by atoms with Crippen LogP contribution >= 0.6 is 11.3 Å².